The van der Waals surface area contributed by atoms with E-state index in [2.05, 4.69) is 20.1 Å². The third-order valence-corrected chi connectivity index (χ3v) is 5.96. The van der Waals surface area contributed by atoms with Crippen LogP contribution in [0, 0.1) is 5.82 Å². The SMILES string of the molecule is Cn1ncc2c(NC(=O)C(=O)N3CCCC4Oc5cc(OC(F)F)c(F)cc5[C@@H]43)cnc(N)c21. The molecule has 10 nitrogen and oxygen atoms in total. The predicted octanol–water partition coefficient (Wildman–Crippen LogP) is 2.35. The van der Waals surface area contributed by atoms with Crippen LogP contribution < -0.4 is 20.5 Å². The number of aryl methyl sites for hydroxylation is 1. The van der Waals surface area contributed by atoms with Crippen molar-refractivity contribution >= 4 is 34.2 Å². The summed E-state index contributed by atoms with van der Waals surface area (Å²) in [5, 5.41) is 7.16. The molecule has 1 saturated heterocycles. The lowest BCUT2D eigenvalue weighted by molar-refractivity contribution is -0.147. The first kappa shape index (κ1) is 21.8. The molecule has 0 spiro atoms. The van der Waals surface area contributed by atoms with Crippen molar-refractivity contribution in [3.63, 3.8) is 0 Å². The minimum Gasteiger partial charge on any atom is -0.487 e. The Labute approximate surface area is 190 Å². The molecule has 0 aliphatic carbocycles. The highest BCUT2D eigenvalue weighted by Crippen LogP contribution is 2.46. The number of nitrogens with one attached hydrogen (secondary N) is 1. The van der Waals surface area contributed by atoms with Crippen LogP contribution >= 0.6 is 0 Å². The zero-order valence-corrected chi connectivity index (χ0v) is 17.8. The molecule has 1 unspecified atom stereocenters. The number of carbonyl (C=O) groups excluding carboxylic acids is 2. The van der Waals surface area contributed by atoms with Crippen LogP contribution in [0.4, 0.5) is 24.7 Å². The topological polar surface area (TPSA) is 125 Å². The van der Waals surface area contributed by atoms with Crippen LogP contribution in [0.15, 0.2) is 24.5 Å². The Hall–Kier alpha value is -4.03. The van der Waals surface area contributed by atoms with Crippen LogP contribution in [0.25, 0.3) is 10.9 Å². The molecule has 2 aliphatic heterocycles. The van der Waals surface area contributed by atoms with Crippen molar-refractivity contribution in [3.8, 4) is 11.5 Å². The van der Waals surface area contributed by atoms with Gasteiger partial charge in [-0.3, -0.25) is 14.3 Å². The van der Waals surface area contributed by atoms with Crippen LogP contribution in [0.1, 0.15) is 24.4 Å². The maximum Gasteiger partial charge on any atom is 0.387 e. The highest BCUT2D eigenvalue weighted by Gasteiger charge is 2.45. The summed E-state index contributed by atoms with van der Waals surface area (Å²) < 4.78 is 51.0. The number of carbonyl (C=O) groups is 2. The molecular weight excluding hydrogens is 457 g/mol. The van der Waals surface area contributed by atoms with Gasteiger partial charge in [-0.15, -0.1) is 0 Å². The number of nitrogens with zero attached hydrogens (tertiary/aromatic N) is 4. The van der Waals surface area contributed by atoms with Gasteiger partial charge in [-0.25, -0.2) is 9.37 Å². The Kier molecular flexibility index (Phi) is 5.18. The Bertz CT molecular complexity index is 1310. The molecule has 2 aliphatic rings. The van der Waals surface area contributed by atoms with Crippen molar-refractivity contribution < 1.29 is 32.2 Å². The van der Waals surface area contributed by atoms with Crippen molar-refractivity contribution in [2.24, 2.45) is 7.05 Å². The first-order valence-electron chi connectivity index (χ1n) is 10.4. The number of hydrogen-bond donors (Lipinski definition) is 2. The number of ether oxygens (including phenoxy) is 2. The number of fused-ring (bicyclic) bond motifs is 4. The number of piperidine rings is 1. The summed E-state index contributed by atoms with van der Waals surface area (Å²) in [7, 11) is 1.67. The lowest BCUT2D eigenvalue weighted by atomic mass is 9.94. The van der Waals surface area contributed by atoms with E-state index in [1.54, 1.807) is 7.05 Å². The summed E-state index contributed by atoms with van der Waals surface area (Å²) in [6, 6.07) is 1.29. The first-order valence-corrected chi connectivity index (χ1v) is 10.4. The van der Waals surface area contributed by atoms with E-state index in [1.165, 1.54) is 22.0 Å². The Morgan fingerprint density at radius 2 is 2.12 bits per heavy atom. The number of rotatable bonds is 3. The molecule has 0 radical (unpaired) electrons. The van der Waals surface area contributed by atoms with Crippen LogP contribution in [-0.4, -0.2) is 50.7 Å². The normalized spacial score (nSPS) is 19.0. The summed E-state index contributed by atoms with van der Waals surface area (Å²) >= 11 is 0. The molecule has 2 atom stereocenters. The second-order valence-corrected chi connectivity index (χ2v) is 7.98. The Morgan fingerprint density at radius 1 is 1.32 bits per heavy atom. The molecule has 1 aromatic carbocycles. The number of anilines is 2. The molecule has 0 saturated carbocycles. The maximum absolute atomic E-state index is 14.4. The van der Waals surface area contributed by atoms with E-state index in [9.17, 15) is 22.8 Å². The van der Waals surface area contributed by atoms with Gasteiger partial charge < -0.3 is 25.4 Å². The second kappa shape index (κ2) is 8.08. The molecule has 2 amide bonds. The average molecular weight is 476 g/mol. The highest BCUT2D eigenvalue weighted by atomic mass is 19.3. The fourth-order valence-electron chi connectivity index (χ4n) is 4.52. The lowest BCUT2D eigenvalue weighted by Gasteiger charge is -2.36. The highest BCUT2D eigenvalue weighted by molar-refractivity contribution is 6.40. The number of amides is 2. The number of nitrogens with two attached hydrogens (primary N) is 1. The van der Waals surface area contributed by atoms with Gasteiger partial charge in [0.15, 0.2) is 11.6 Å². The van der Waals surface area contributed by atoms with Gasteiger partial charge in [0.05, 0.1) is 24.1 Å². The molecule has 3 aromatic rings. The fourth-order valence-corrected chi connectivity index (χ4v) is 4.52. The van der Waals surface area contributed by atoms with E-state index in [0.29, 0.717) is 23.7 Å². The molecule has 4 heterocycles. The molecule has 0 bridgehead atoms. The fraction of sp³-hybridized carbons (Fsp3) is 0.333. The quantitative estimate of drug-likeness (QED) is 0.556. The van der Waals surface area contributed by atoms with Gasteiger partial charge in [0.1, 0.15) is 23.2 Å². The molecule has 178 valence electrons. The van der Waals surface area contributed by atoms with Crippen LogP contribution in [0.2, 0.25) is 0 Å². The molecular formula is C21H19F3N6O4. The molecule has 3 N–H and O–H groups in total. The van der Waals surface area contributed by atoms with Crippen molar-refractivity contribution in [1.29, 1.82) is 0 Å². The van der Waals surface area contributed by atoms with Gasteiger partial charge in [-0.2, -0.15) is 13.9 Å². The minimum absolute atomic E-state index is 0.131. The smallest absolute Gasteiger partial charge is 0.387 e. The second-order valence-electron chi connectivity index (χ2n) is 7.98. The summed E-state index contributed by atoms with van der Waals surface area (Å²) in [5.41, 5.74) is 6.92. The number of benzene rings is 1. The summed E-state index contributed by atoms with van der Waals surface area (Å²) in [6.45, 7) is -2.97. The lowest BCUT2D eigenvalue weighted by Crippen LogP contribution is -2.48. The number of aromatic nitrogens is 3. The molecule has 1 fully saturated rings. The number of alkyl halides is 2. The zero-order valence-electron chi connectivity index (χ0n) is 17.8. The number of likely N-dealkylation sites (tertiary alicyclic amines) is 1. The van der Waals surface area contributed by atoms with Crippen LogP contribution in [0.3, 0.4) is 0 Å². The third kappa shape index (κ3) is 3.53. The van der Waals surface area contributed by atoms with Crippen LogP contribution in [0.5, 0.6) is 11.5 Å². The van der Waals surface area contributed by atoms with Gasteiger partial charge >= 0.3 is 18.4 Å². The van der Waals surface area contributed by atoms with E-state index in [-0.39, 0.29) is 29.4 Å². The van der Waals surface area contributed by atoms with Gasteiger partial charge in [-0.1, -0.05) is 0 Å². The average Bonchev–Trinajstić information content (AvgIpc) is 3.36. The summed E-state index contributed by atoms with van der Waals surface area (Å²) in [6.07, 6.45) is 3.35. The van der Waals surface area contributed by atoms with Gasteiger partial charge in [-0.05, 0) is 18.9 Å². The standard InChI is InChI=1S/C21H19F3N6O4/c1-29-17-10(7-27-29)12(8-26-18(17)25)28-19(31)20(32)30-4-2-3-13-16(30)9-5-11(22)15(34-21(23)24)6-14(9)33-13/h5-8,13,16,21H,2-4H2,1H3,(H2,25,26)(H,28,31)/t13?,16-/m0/s1. The Balaban J connectivity index is 1.42. The van der Waals surface area contributed by atoms with Gasteiger partial charge in [0.25, 0.3) is 0 Å². The van der Waals surface area contributed by atoms with Crippen molar-refractivity contribution in [2.45, 2.75) is 31.6 Å². The van der Waals surface area contributed by atoms with E-state index >= 15 is 0 Å². The van der Waals surface area contributed by atoms with Crippen LogP contribution in [-0.2, 0) is 16.6 Å². The number of hydrogen-bond acceptors (Lipinski definition) is 7. The van der Waals surface area contributed by atoms with E-state index in [1.807, 2.05) is 0 Å². The Morgan fingerprint density at radius 3 is 2.88 bits per heavy atom. The van der Waals surface area contributed by atoms with Gasteiger partial charge in [0.2, 0.25) is 0 Å². The number of halogens is 3. The summed E-state index contributed by atoms with van der Waals surface area (Å²) in [4.78, 5) is 31.4. The zero-order chi connectivity index (χ0) is 24.1. The number of nitrogen functional groups attached to an aromatic ring is 1. The molecule has 34 heavy (non-hydrogen) atoms. The maximum atomic E-state index is 14.4. The predicted molar refractivity (Wildman–Crippen MR) is 113 cm³/mol. The molecule has 5 rings (SSSR count). The van der Waals surface area contributed by atoms with Crippen molar-refractivity contribution in [1.82, 2.24) is 19.7 Å². The number of pyridine rings is 1. The largest absolute Gasteiger partial charge is 0.487 e. The van der Waals surface area contributed by atoms with Crippen molar-refractivity contribution in [3.05, 3.63) is 35.9 Å². The van der Waals surface area contributed by atoms with E-state index in [4.69, 9.17) is 10.5 Å². The van der Waals surface area contributed by atoms with Crippen molar-refractivity contribution in [2.75, 3.05) is 17.6 Å². The minimum atomic E-state index is -3.20. The monoisotopic (exact) mass is 476 g/mol. The third-order valence-electron chi connectivity index (χ3n) is 5.96. The molecule has 13 heteroatoms. The van der Waals surface area contributed by atoms with E-state index in [0.717, 1.165) is 12.1 Å². The van der Waals surface area contributed by atoms with Gasteiger partial charge in [0, 0.05) is 30.6 Å². The first-order chi connectivity index (χ1) is 16.2. The van der Waals surface area contributed by atoms with E-state index < -0.39 is 42.1 Å². The molecule has 2 aromatic heterocycles. The summed E-state index contributed by atoms with van der Waals surface area (Å²) in [5.74, 6) is -3.10.